The first-order valence-corrected chi connectivity index (χ1v) is 7.23. The molecule has 2 aromatic rings. The lowest BCUT2D eigenvalue weighted by molar-refractivity contribution is -0.119. The van der Waals surface area contributed by atoms with Crippen LogP contribution in [0.3, 0.4) is 0 Å². The van der Waals surface area contributed by atoms with Gasteiger partial charge in [0.1, 0.15) is 0 Å². The molecular formula is C16H16N4O4. The summed E-state index contributed by atoms with van der Waals surface area (Å²) in [5.41, 5.74) is 0.504. The Hall–Kier alpha value is -3.29. The smallest absolute Gasteiger partial charge is 0.340 e. The van der Waals surface area contributed by atoms with E-state index in [0.29, 0.717) is 5.69 Å². The molecule has 0 bridgehead atoms. The van der Waals surface area contributed by atoms with Gasteiger partial charge in [0.15, 0.2) is 6.61 Å². The van der Waals surface area contributed by atoms with E-state index in [0.717, 1.165) is 0 Å². The second-order valence-electron chi connectivity index (χ2n) is 4.64. The van der Waals surface area contributed by atoms with E-state index in [2.05, 4.69) is 20.6 Å². The van der Waals surface area contributed by atoms with Crippen molar-refractivity contribution in [1.29, 1.82) is 0 Å². The van der Waals surface area contributed by atoms with Gasteiger partial charge in [-0.2, -0.15) is 0 Å². The lowest BCUT2D eigenvalue weighted by atomic mass is 10.1. The normalized spacial score (nSPS) is 9.88. The Kier molecular flexibility index (Phi) is 5.95. The Morgan fingerprint density at radius 2 is 1.71 bits per heavy atom. The van der Waals surface area contributed by atoms with Gasteiger partial charge >= 0.3 is 5.97 Å². The molecule has 0 aliphatic heterocycles. The van der Waals surface area contributed by atoms with E-state index in [9.17, 15) is 14.4 Å². The zero-order valence-electron chi connectivity index (χ0n) is 13.0. The molecule has 0 saturated carbocycles. The molecule has 8 heteroatoms. The third kappa shape index (κ3) is 4.87. The number of hydrogen-bond donors (Lipinski definition) is 2. The highest BCUT2D eigenvalue weighted by atomic mass is 16.5. The van der Waals surface area contributed by atoms with Gasteiger partial charge in [-0.15, -0.1) is 0 Å². The van der Waals surface area contributed by atoms with Gasteiger partial charge in [-0.05, 0) is 18.2 Å². The fourth-order valence-electron chi connectivity index (χ4n) is 1.74. The molecule has 0 spiro atoms. The van der Waals surface area contributed by atoms with Gasteiger partial charge in [0.05, 0.1) is 11.3 Å². The number of amides is 2. The minimum atomic E-state index is -0.717. The molecular weight excluding hydrogens is 312 g/mol. The Bertz CT molecular complexity index is 734. The largest absolute Gasteiger partial charge is 0.452 e. The molecule has 1 heterocycles. The second-order valence-corrected chi connectivity index (χ2v) is 4.64. The Morgan fingerprint density at radius 3 is 2.42 bits per heavy atom. The Balaban J connectivity index is 1.95. The topological polar surface area (TPSA) is 110 Å². The molecule has 1 aromatic heterocycles. The Labute approximate surface area is 138 Å². The van der Waals surface area contributed by atoms with E-state index in [1.54, 1.807) is 31.2 Å². The lowest BCUT2D eigenvalue weighted by Crippen LogP contribution is -2.22. The van der Waals surface area contributed by atoms with Crippen LogP contribution in [0.25, 0.3) is 0 Å². The van der Waals surface area contributed by atoms with Crippen LogP contribution in [-0.4, -0.2) is 34.4 Å². The molecule has 2 rings (SSSR count). The highest BCUT2D eigenvalue weighted by Crippen LogP contribution is 2.16. The molecule has 1 aromatic carbocycles. The fourth-order valence-corrected chi connectivity index (χ4v) is 1.74. The number of anilines is 2. The average Bonchev–Trinajstić information content (AvgIpc) is 2.61. The number of rotatable bonds is 6. The third-order valence-corrected chi connectivity index (χ3v) is 2.89. The predicted octanol–water partition coefficient (Wildman–Crippen LogP) is 1.62. The summed E-state index contributed by atoms with van der Waals surface area (Å²) < 4.78 is 4.96. The quantitative estimate of drug-likeness (QED) is 0.780. The molecule has 0 radical (unpaired) electrons. The summed E-state index contributed by atoms with van der Waals surface area (Å²) in [4.78, 5) is 43.0. The maximum absolute atomic E-state index is 12.1. The van der Waals surface area contributed by atoms with Crippen molar-refractivity contribution in [1.82, 2.24) is 9.97 Å². The van der Waals surface area contributed by atoms with Crippen LogP contribution in [0.1, 0.15) is 23.7 Å². The number of esters is 1. The van der Waals surface area contributed by atoms with Crippen LogP contribution in [-0.2, 0) is 14.3 Å². The minimum absolute atomic E-state index is 0.120. The zero-order valence-corrected chi connectivity index (χ0v) is 13.0. The van der Waals surface area contributed by atoms with Crippen molar-refractivity contribution >= 4 is 29.4 Å². The molecule has 0 aliphatic rings. The molecule has 2 N–H and O–H groups in total. The number of carbonyl (C=O) groups excluding carboxylic acids is 3. The van der Waals surface area contributed by atoms with Crippen molar-refractivity contribution in [3.05, 3.63) is 48.3 Å². The minimum Gasteiger partial charge on any atom is -0.452 e. The second kappa shape index (κ2) is 8.37. The van der Waals surface area contributed by atoms with E-state index in [1.807, 2.05) is 0 Å². The summed E-state index contributed by atoms with van der Waals surface area (Å²) in [5.74, 6) is -1.39. The summed E-state index contributed by atoms with van der Waals surface area (Å²) in [7, 11) is 0. The molecule has 0 saturated heterocycles. The predicted molar refractivity (Wildman–Crippen MR) is 86.3 cm³/mol. The molecule has 0 unspecified atom stereocenters. The molecule has 0 fully saturated rings. The van der Waals surface area contributed by atoms with Crippen molar-refractivity contribution in [2.24, 2.45) is 0 Å². The highest BCUT2D eigenvalue weighted by Gasteiger charge is 2.15. The van der Waals surface area contributed by atoms with Crippen LogP contribution >= 0.6 is 0 Å². The van der Waals surface area contributed by atoms with Gasteiger partial charge < -0.3 is 10.1 Å². The SMILES string of the molecule is CCC(=O)Nc1ccccc1C(=O)OCC(=O)Nc1ncccn1. The fraction of sp³-hybridized carbons (Fsp3) is 0.188. The number of hydrogen-bond acceptors (Lipinski definition) is 6. The van der Waals surface area contributed by atoms with Crippen LogP contribution in [0.15, 0.2) is 42.7 Å². The monoisotopic (exact) mass is 328 g/mol. The number of ether oxygens (including phenoxy) is 1. The van der Waals surface area contributed by atoms with E-state index in [-0.39, 0.29) is 23.8 Å². The summed E-state index contributed by atoms with van der Waals surface area (Å²) >= 11 is 0. The summed E-state index contributed by atoms with van der Waals surface area (Å²) in [6, 6.07) is 8.02. The van der Waals surface area contributed by atoms with Gasteiger partial charge in [0.2, 0.25) is 11.9 Å². The standard InChI is InChI=1S/C16H16N4O4/c1-2-13(21)19-12-7-4-3-6-11(12)15(23)24-10-14(22)20-16-17-8-5-9-18-16/h3-9H,2,10H2,1H3,(H,19,21)(H,17,18,20,22). The van der Waals surface area contributed by atoms with Gasteiger partial charge in [-0.1, -0.05) is 19.1 Å². The maximum Gasteiger partial charge on any atom is 0.340 e. The average molecular weight is 328 g/mol. The highest BCUT2D eigenvalue weighted by molar-refractivity contribution is 6.02. The van der Waals surface area contributed by atoms with Crippen molar-refractivity contribution in [3.63, 3.8) is 0 Å². The van der Waals surface area contributed by atoms with Crippen molar-refractivity contribution < 1.29 is 19.1 Å². The first-order chi connectivity index (χ1) is 11.6. The molecule has 2 amide bonds. The number of nitrogens with zero attached hydrogens (tertiary/aromatic N) is 2. The van der Waals surface area contributed by atoms with E-state index in [1.165, 1.54) is 18.5 Å². The first-order valence-electron chi connectivity index (χ1n) is 7.23. The maximum atomic E-state index is 12.1. The third-order valence-electron chi connectivity index (χ3n) is 2.89. The first kappa shape index (κ1) is 17.1. The van der Waals surface area contributed by atoms with Gasteiger partial charge in [0, 0.05) is 18.8 Å². The molecule has 0 aliphatic carbocycles. The molecule has 8 nitrogen and oxygen atoms in total. The van der Waals surface area contributed by atoms with E-state index < -0.39 is 18.5 Å². The van der Waals surface area contributed by atoms with Crippen LogP contribution in [0.5, 0.6) is 0 Å². The summed E-state index contributed by atoms with van der Waals surface area (Å²) in [6.45, 7) is 1.21. The number of para-hydroxylation sites is 1. The number of nitrogens with one attached hydrogen (secondary N) is 2. The molecule has 124 valence electrons. The van der Waals surface area contributed by atoms with E-state index in [4.69, 9.17) is 4.74 Å². The Morgan fingerprint density at radius 1 is 1.00 bits per heavy atom. The van der Waals surface area contributed by atoms with Crippen molar-refractivity contribution in [3.8, 4) is 0 Å². The summed E-state index contributed by atoms with van der Waals surface area (Å²) in [6.07, 6.45) is 3.23. The molecule has 24 heavy (non-hydrogen) atoms. The van der Waals surface area contributed by atoms with Crippen molar-refractivity contribution in [2.75, 3.05) is 17.2 Å². The van der Waals surface area contributed by atoms with Crippen LogP contribution in [0.4, 0.5) is 11.6 Å². The van der Waals surface area contributed by atoms with E-state index >= 15 is 0 Å². The van der Waals surface area contributed by atoms with Crippen LogP contribution in [0.2, 0.25) is 0 Å². The van der Waals surface area contributed by atoms with Crippen molar-refractivity contribution in [2.45, 2.75) is 13.3 Å². The van der Waals surface area contributed by atoms with Gasteiger partial charge in [-0.3, -0.25) is 14.9 Å². The number of benzene rings is 1. The lowest BCUT2D eigenvalue weighted by Gasteiger charge is -2.10. The zero-order chi connectivity index (χ0) is 17.4. The number of aromatic nitrogens is 2. The summed E-state index contributed by atoms with van der Waals surface area (Å²) in [5, 5.41) is 5.00. The van der Waals surface area contributed by atoms with Crippen LogP contribution in [0, 0.1) is 0 Å². The van der Waals surface area contributed by atoms with Crippen LogP contribution < -0.4 is 10.6 Å². The number of carbonyl (C=O) groups is 3. The van der Waals surface area contributed by atoms with Gasteiger partial charge in [-0.25, -0.2) is 14.8 Å². The van der Waals surface area contributed by atoms with Gasteiger partial charge in [0.25, 0.3) is 5.91 Å². The molecule has 0 atom stereocenters.